The zero-order chi connectivity index (χ0) is 16.2. The van der Waals surface area contributed by atoms with E-state index >= 15 is 0 Å². The Hall–Kier alpha value is -2.62. The van der Waals surface area contributed by atoms with Crippen molar-refractivity contribution >= 4 is 5.82 Å². The summed E-state index contributed by atoms with van der Waals surface area (Å²) >= 11 is 0. The molecule has 22 heavy (non-hydrogen) atoms. The van der Waals surface area contributed by atoms with Gasteiger partial charge in [-0.2, -0.15) is 18.4 Å². The molecule has 0 saturated heterocycles. The fraction of sp³-hybridized carbons (Fsp3) is 0.267. The monoisotopic (exact) mass is 306 g/mol. The fourth-order valence-corrected chi connectivity index (χ4v) is 1.96. The van der Waals surface area contributed by atoms with Crippen LogP contribution in [0.1, 0.15) is 23.9 Å². The number of alkyl halides is 3. The second-order valence-electron chi connectivity index (χ2n) is 4.81. The van der Waals surface area contributed by atoms with Gasteiger partial charge in [-0.05, 0) is 31.2 Å². The van der Waals surface area contributed by atoms with Crippen LogP contribution >= 0.6 is 0 Å². The van der Waals surface area contributed by atoms with Crippen molar-refractivity contribution < 1.29 is 13.2 Å². The molecule has 0 aromatic carbocycles. The largest absolute Gasteiger partial charge is 0.416 e. The maximum Gasteiger partial charge on any atom is 0.416 e. The van der Waals surface area contributed by atoms with Gasteiger partial charge in [0.05, 0.1) is 5.56 Å². The van der Waals surface area contributed by atoms with Crippen LogP contribution in [0.15, 0.2) is 36.5 Å². The first-order chi connectivity index (χ1) is 10.4. The summed E-state index contributed by atoms with van der Waals surface area (Å²) in [7, 11) is 0. The molecule has 0 amide bonds. The quantitative estimate of drug-likeness (QED) is 0.940. The Labute approximate surface area is 125 Å². The third kappa shape index (κ3) is 4.19. The van der Waals surface area contributed by atoms with Crippen molar-refractivity contribution in [3.8, 4) is 6.07 Å². The first-order valence-electron chi connectivity index (χ1n) is 6.54. The highest BCUT2D eigenvalue weighted by molar-refractivity contribution is 5.44. The molecule has 1 N–H and O–H groups in total. The number of nitriles is 1. The lowest BCUT2D eigenvalue weighted by molar-refractivity contribution is -0.137. The fourth-order valence-electron chi connectivity index (χ4n) is 1.96. The summed E-state index contributed by atoms with van der Waals surface area (Å²) < 4.78 is 38.4. The minimum Gasteiger partial charge on any atom is -0.367 e. The van der Waals surface area contributed by atoms with Gasteiger partial charge >= 0.3 is 6.18 Å². The summed E-state index contributed by atoms with van der Waals surface area (Å²) in [5.74, 6) is 0.0230. The third-order valence-corrected chi connectivity index (χ3v) is 2.90. The van der Waals surface area contributed by atoms with Crippen LogP contribution in [0.3, 0.4) is 0 Å². The lowest BCUT2D eigenvalue weighted by Crippen LogP contribution is -2.20. The van der Waals surface area contributed by atoms with Gasteiger partial charge < -0.3 is 5.32 Å². The zero-order valence-corrected chi connectivity index (χ0v) is 11.7. The highest BCUT2D eigenvalue weighted by Gasteiger charge is 2.31. The van der Waals surface area contributed by atoms with E-state index in [4.69, 9.17) is 5.26 Å². The van der Waals surface area contributed by atoms with Crippen LogP contribution in [-0.2, 0) is 12.6 Å². The van der Waals surface area contributed by atoms with Crippen LogP contribution in [-0.4, -0.2) is 16.0 Å². The van der Waals surface area contributed by atoms with Crippen molar-refractivity contribution in [2.45, 2.75) is 25.6 Å². The number of pyridine rings is 2. The molecule has 2 aromatic rings. The van der Waals surface area contributed by atoms with Gasteiger partial charge in [0.2, 0.25) is 0 Å². The highest BCUT2D eigenvalue weighted by Crippen LogP contribution is 2.31. The molecule has 4 nitrogen and oxygen atoms in total. The zero-order valence-electron chi connectivity index (χ0n) is 11.7. The topological polar surface area (TPSA) is 61.6 Å². The number of rotatable bonds is 4. The van der Waals surface area contributed by atoms with Crippen molar-refractivity contribution in [3.05, 3.63) is 53.5 Å². The molecule has 2 rings (SSSR count). The molecule has 0 aliphatic heterocycles. The van der Waals surface area contributed by atoms with E-state index in [1.165, 1.54) is 0 Å². The van der Waals surface area contributed by atoms with Crippen LogP contribution in [0.4, 0.5) is 19.0 Å². The predicted molar refractivity (Wildman–Crippen MR) is 75.0 cm³/mol. The standard InChI is InChI=1S/C15H13F3N4/c1-10(6-12-4-2-3-5-20-12)21-14-8-11(15(16,17)18)7-13(9-19)22-14/h2-5,7-8,10H,6H2,1H3,(H,21,22). The molecular formula is C15H13F3N4. The van der Waals surface area contributed by atoms with Crippen molar-refractivity contribution in [1.82, 2.24) is 9.97 Å². The average Bonchev–Trinajstić information content (AvgIpc) is 2.46. The molecule has 0 radical (unpaired) electrons. The number of halogens is 3. The number of hydrogen-bond acceptors (Lipinski definition) is 4. The molecule has 0 aliphatic carbocycles. The van der Waals surface area contributed by atoms with E-state index < -0.39 is 11.7 Å². The maximum absolute atomic E-state index is 12.8. The van der Waals surface area contributed by atoms with Gasteiger partial charge in [0.15, 0.2) is 0 Å². The van der Waals surface area contributed by atoms with E-state index in [9.17, 15) is 13.2 Å². The maximum atomic E-state index is 12.8. The second kappa shape index (κ2) is 6.43. The van der Waals surface area contributed by atoms with E-state index in [0.717, 1.165) is 17.8 Å². The van der Waals surface area contributed by atoms with Crippen molar-refractivity contribution in [2.24, 2.45) is 0 Å². The van der Waals surface area contributed by atoms with Gasteiger partial charge in [0.25, 0.3) is 0 Å². The molecule has 0 bridgehead atoms. The molecule has 2 aromatic heterocycles. The Morgan fingerprint density at radius 2 is 2.09 bits per heavy atom. The predicted octanol–water partition coefficient (Wildman–Crippen LogP) is 3.41. The molecule has 1 unspecified atom stereocenters. The third-order valence-electron chi connectivity index (χ3n) is 2.90. The van der Waals surface area contributed by atoms with Gasteiger partial charge in [-0.3, -0.25) is 4.98 Å². The van der Waals surface area contributed by atoms with Crippen molar-refractivity contribution in [1.29, 1.82) is 5.26 Å². The van der Waals surface area contributed by atoms with Crippen LogP contribution in [0, 0.1) is 11.3 Å². The SMILES string of the molecule is CC(Cc1ccccn1)Nc1cc(C(F)(F)F)cc(C#N)n1. The molecule has 0 aliphatic rings. The number of hydrogen-bond donors (Lipinski definition) is 1. The van der Waals surface area contributed by atoms with Gasteiger partial charge in [0.1, 0.15) is 17.6 Å². The van der Waals surface area contributed by atoms with Crippen LogP contribution < -0.4 is 5.32 Å². The van der Waals surface area contributed by atoms with Gasteiger partial charge in [-0.1, -0.05) is 6.07 Å². The molecule has 0 spiro atoms. The lowest BCUT2D eigenvalue weighted by atomic mass is 10.1. The normalized spacial score (nSPS) is 12.5. The molecule has 114 valence electrons. The lowest BCUT2D eigenvalue weighted by Gasteiger charge is -2.16. The minimum atomic E-state index is -4.52. The molecule has 0 fully saturated rings. The minimum absolute atomic E-state index is 0.0230. The number of aromatic nitrogens is 2. The van der Waals surface area contributed by atoms with E-state index in [-0.39, 0.29) is 17.6 Å². The Kier molecular flexibility index (Phi) is 4.61. The molecule has 1 atom stereocenters. The molecular weight excluding hydrogens is 293 g/mol. The van der Waals surface area contributed by atoms with Gasteiger partial charge in [-0.25, -0.2) is 4.98 Å². The van der Waals surface area contributed by atoms with Crippen molar-refractivity contribution in [3.63, 3.8) is 0 Å². The molecule has 2 heterocycles. The van der Waals surface area contributed by atoms with E-state index in [1.807, 2.05) is 19.1 Å². The number of nitrogens with one attached hydrogen (secondary N) is 1. The first-order valence-corrected chi connectivity index (χ1v) is 6.54. The average molecular weight is 306 g/mol. The van der Waals surface area contributed by atoms with Crippen LogP contribution in [0.25, 0.3) is 0 Å². The highest BCUT2D eigenvalue weighted by atomic mass is 19.4. The first kappa shape index (κ1) is 15.8. The van der Waals surface area contributed by atoms with E-state index in [0.29, 0.717) is 6.42 Å². The smallest absolute Gasteiger partial charge is 0.367 e. The number of nitrogens with zero attached hydrogens (tertiary/aromatic N) is 3. The number of anilines is 1. The summed E-state index contributed by atoms with van der Waals surface area (Å²) in [4.78, 5) is 8.01. The van der Waals surface area contributed by atoms with Crippen molar-refractivity contribution in [2.75, 3.05) is 5.32 Å². The molecule has 7 heteroatoms. The Bertz CT molecular complexity index is 677. The summed E-state index contributed by atoms with van der Waals surface area (Å²) in [5.41, 5.74) is -0.357. The Morgan fingerprint density at radius 3 is 2.68 bits per heavy atom. The van der Waals surface area contributed by atoms with Crippen LogP contribution in [0.2, 0.25) is 0 Å². The summed E-state index contributed by atoms with van der Waals surface area (Å²) in [6.45, 7) is 1.81. The Balaban J connectivity index is 2.17. The Morgan fingerprint density at radius 1 is 1.32 bits per heavy atom. The van der Waals surface area contributed by atoms with Gasteiger partial charge in [-0.15, -0.1) is 0 Å². The summed E-state index contributed by atoms with van der Waals surface area (Å²) in [5, 5.41) is 11.7. The summed E-state index contributed by atoms with van der Waals surface area (Å²) in [6, 6.07) is 8.54. The summed E-state index contributed by atoms with van der Waals surface area (Å²) in [6.07, 6.45) is -2.34. The second-order valence-corrected chi connectivity index (χ2v) is 4.81. The van der Waals surface area contributed by atoms with Crippen LogP contribution in [0.5, 0.6) is 0 Å². The van der Waals surface area contributed by atoms with E-state index in [2.05, 4.69) is 15.3 Å². The molecule has 0 saturated carbocycles. The van der Waals surface area contributed by atoms with Gasteiger partial charge in [0, 0.05) is 24.4 Å². The van der Waals surface area contributed by atoms with E-state index in [1.54, 1.807) is 18.3 Å².